The van der Waals surface area contributed by atoms with Gasteiger partial charge in [-0.15, -0.1) is 0 Å². The highest BCUT2D eigenvalue weighted by Crippen LogP contribution is 2.61. The van der Waals surface area contributed by atoms with Crippen LogP contribution in [-0.2, 0) is 19.6 Å². The van der Waals surface area contributed by atoms with Crippen molar-refractivity contribution in [1.82, 2.24) is 0 Å². The molecule has 2 fully saturated rings. The molecule has 2 N–H and O–H groups in total. The Morgan fingerprint density at radius 2 is 1.80 bits per heavy atom. The summed E-state index contributed by atoms with van der Waals surface area (Å²) in [6.45, 7) is 3.39. The lowest BCUT2D eigenvalue weighted by Gasteiger charge is -2.22. The smallest absolute Gasteiger partial charge is 0.310 e. The molecule has 0 heterocycles. The predicted octanol–water partition coefficient (Wildman–Crippen LogP) is 1.34. The van der Waals surface area contributed by atoms with Gasteiger partial charge in [0.05, 0.1) is 5.92 Å². The van der Waals surface area contributed by atoms with Crippen LogP contribution in [-0.4, -0.2) is 35.6 Å². The number of ether oxygens (including phenoxy) is 1. The molecule has 0 aromatic heterocycles. The Morgan fingerprint density at radius 1 is 1.25 bits per heavy atom. The number of hydrogen-bond donors (Lipinski definition) is 2. The van der Waals surface area contributed by atoms with Crippen LogP contribution < -0.4 is 0 Å². The van der Waals surface area contributed by atoms with Gasteiger partial charge in [0, 0.05) is 5.92 Å². The van der Waals surface area contributed by atoms with Gasteiger partial charge in [-0.1, -0.05) is 20.3 Å². The summed E-state index contributed by atoms with van der Waals surface area (Å²) in [6, 6.07) is 0. The van der Waals surface area contributed by atoms with Crippen molar-refractivity contribution in [2.24, 2.45) is 17.3 Å². The standard InChI is InChI=1S/C13H22O6S/c1-13(2)9(10(13)12(15)20(16,17)18)11(14)19-8-6-4-3-5-7-8/h8-10,12,15H,3-7H2,1-2H3,(H,16,17,18)/t9-,10-,12?/m1/s1. The van der Waals surface area contributed by atoms with E-state index in [0.29, 0.717) is 0 Å². The number of esters is 1. The molecule has 2 rings (SSSR count). The Balaban J connectivity index is 2.00. The van der Waals surface area contributed by atoms with Crippen molar-refractivity contribution in [3.05, 3.63) is 0 Å². The summed E-state index contributed by atoms with van der Waals surface area (Å²) in [5.74, 6) is -1.95. The average Bonchev–Trinajstić information content (AvgIpc) is 2.91. The van der Waals surface area contributed by atoms with E-state index in [0.717, 1.165) is 32.1 Å². The van der Waals surface area contributed by atoms with Gasteiger partial charge in [0.1, 0.15) is 6.10 Å². The molecule has 2 aliphatic carbocycles. The lowest BCUT2D eigenvalue weighted by molar-refractivity contribution is -0.153. The number of aliphatic hydroxyl groups is 1. The number of carbonyl (C=O) groups is 1. The Morgan fingerprint density at radius 3 is 2.30 bits per heavy atom. The van der Waals surface area contributed by atoms with E-state index in [1.807, 2.05) is 0 Å². The van der Waals surface area contributed by atoms with Gasteiger partial charge >= 0.3 is 5.97 Å². The number of hydrogen-bond acceptors (Lipinski definition) is 5. The maximum absolute atomic E-state index is 12.1. The van der Waals surface area contributed by atoms with Crippen molar-refractivity contribution < 1.29 is 27.6 Å². The molecular weight excluding hydrogens is 284 g/mol. The monoisotopic (exact) mass is 306 g/mol. The molecule has 0 radical (unpaired) electrons. The van der Waals surface area contributed by atoms with Crippen molar-refractivity contribution in [2.45, 2.75) is 57.5 Å². The molecule has 6 nitrogen and oxygen atoms in total. The van der Waals surface area contributed by atoms with Gasteiger partial charge in [0.15, 0.2) is 5.44 Å². The first-order valence-electron chi connectivity index (χ1n) is 7.00. The summed E-state index contributed by atoms with van der Waals surface area (Å²) in [5, 5.41) is 9.64. The summed E-state index contributed by atoms with van der Waals surface area (Å²) < 4.78 is 36.4. The molecule has 0 aliphatic heterocycles. The normalized spacial score (nSPS) is 31.6. The topological polar surface area (TPSA) is 101 Å². The zero-order chi connectivity index (χ0) is 15.1. The molecule has 1 unspecified atom stereocenters. The van der Waals surface area contributed by atoms with E-state index >= 15 is 0 Å². The van der Waals surface area contributed by atoms with Crippen LogP contribution in [0.2, 0.25) is 0 Å². The van der Waals surface area contributed by atoms with Crippen LogP contribution in [0, 0.1) is 17.3 Å². The van der Waals surface area contributed by atoms with Gasteiger partial charge in [-0.3, -0.25) is 9.35 Å². The van der Waals surface area contributed by atoms with E-state index in [4.69, 9.17) is 9.29 Å². The van der Waals surface area contributed by atoms with Crippen LogP contribution in [0.1, 0.15) is 46.0 Å². The highest BCUT2D eigenvalue weighted by molar-refractivity contribution is 7.86. The van der Waals surface area contributed by atoms with E-state index in [2.05, 4.69) is 0 Å². The second kappa shape index (κ2) is 5.27. The van der Waals surface area contributed by atoms with Crippen LogP contribution in [0.5, 0.6) is 0 Å². The van der Waals surface area contributed by atoms with E-state index in [-0.39, 0.29) is 6.10 Å². The quantitative estimate of drug-likeness (QED) is 0.600. The maximum atomic E-state index is 12.1. The number of aliphatic hydroxyl groups excluding tert-OH is 1. The Hall–Kier alpha value is -0.660. The largest absolute Gasteiger partial charge is 0.462 e. The van der Waals surface area contributed by atoms with Crippen molar-refractivity contribution in [3.63, 3.8) is 0 Å². The molecule has 7 heteroatoms. The summed E-state index contributed by atoms with van der Waals surface area (Å²) in [5.41, 5.74) is -2.61. The highest BCUT2D eigenvalue weighted by atomic mass is 32.2. The van der Waals surface area contributed by atoms with Crippen molar-refractivity contribution in [3.8, 4) is 0 Å². The Labute approximate surface area is 119 Å². The molecule has 0 aromatic rings. The molecule has 20 heavy (non-hydrogen) atoms. The van der Waals surface area contributed by atoms with Gasteiger partial charge in [-0.05, 0) is 31.1 Å². The van der Waals surface area contributed by atoms with Gasteiger partial charge in [-0.25, -0.2) is 0 Å². The molecular formula is C13H22O6S. The van der Waals surface area contributed by atoms with E-state index < -0.39 is 38.8 Å². The summed E-state index contributed by atoms with van der Waals surface area (Å²) in [7, 11) is -4.56. The first kappa shape index (κ1) is 15.7. The second-order valence-corrected chi connectivity index (χ2v) is 7.94. The third-order valence-corrected chi connectivity index (χ3v) is 5.52. The summed E-state index contributed by atoms with van der Waals surface area (Å²) in [4.78, 5) is 12.1. The van der Waals surface area contributed by atoms with Crippen molar-refractivity contribution in [2.75, 3.05) is 0 Å². The van der Waals surface area contributed by atoms with Crippen LogP contribution in [0.25, 0.3) is 0 Å². The van der Waals surface area contributed by atoms with Crippen LogP contribution in [0.4, 0.5) is 0 Å². The number of rotatable bonds is 4. The molecule has 2 saturated carbocycles. The van der Waals surface area contributed by atoms with E-state index in [1.165, 1.54) is 0 Å². The second-order valence-electron chi connectivity index (χ2n) is 6.43. The third kappa shape index (κ3) is 2.99. The molecule has 0 spiro atoms. The summed E-state index contributed by atoms with van der Waals surface area (Å²) in [6.07, 6.45) is 4.78. The van der Waals surface area contributed by atoms with Crippen LogP contribution >= 0.6 is 0 Å². The molecule has 0 amide bonds. The van der Waals surface area contributed by atoms with Gasteiger partial charge in [0.2, 0.25) is 0 Å². The van der Waals surface area contributed by atoms with E-state index in [9.17, 15) is 18.3 Å². The minimum atomic E-state index is -4.56. The average molecular weight is 306 g/mol. The lowest BCUT2D eigenvalue weighted by Crippen LogP contribution is -2.26. The van der Waals surface area contributed by atoms with Crippen LogP contribution in [0.15, 0.2) is 0 Å². The Kier molecular flexibility index (Phi) is 4.15. The molecule has 0 saturated heterocycles. The van der Waals surface area contributed by atoms with Gasteiger partial charge < -0.3 is 9.84 Å². The fourth-order valence-corrected chi connectivity index (χ4v) is 4.14. The first-order chi connectivity index (χ1) is 9.15. The predicted molar refractivity (Wildman–Crippen MR) is 71.3 cm³/mol. The zero-order valence-electron chi connectivity index (χ0n) is 11.8. The minimum Gasteiger partial charge on any atom is -0.462 e. The first-order valence-corrected chi connectivity index (χ1v) is 8.51. The van der Waals surface area contributed by atoms with Crippen molar-refractivity contribution in [1.29, 1.82) is 0 Å². The SMILES string of the molecule is CC1(C)[C@@H](C(=O)OC2CCCCC2)[C@@H]1C(O)S(=O)(=O)O. The third-order valence-electron chi connectivity index (χ3n) is 4.61. The van der Waals surface area contributed by atoms with Crippen LogP contribution in [0.3, 0.4) is 0 Å². The zero-order valence-corrected chi connectivity index (χ0v) is 12.6. The highest BCUT2D eigenvalue weighted by Gasteiger charge is 2.68. The Bertz CT molecular complexity index is 477. The fraction of sp³-hybridized carbons (Fsp3) is 0.923. The van der Waals surface area contributed by atoms with Crippen molar-refractivity contribution >= 4 is 16.1 Å². The minimum absolute atomic E-state index is 0.101. The summed E-state index contributed by atoms with van der Waals surface area (Å²) >= 11 is 0. The molecule has 3 atom stereocenters. The number of carbonyl (C=O) groups excluding carboxylic acids is 1. The van der Waals surface area contributed by atoms with E-state index in [1.54, 1.807) is 13.8 Å². The fourth-order valence-electron chi connectivity index (χ4n) is 3.27. The molecule has 0 bridgehead atoms. The molecule has 2 aliphatic rings. The molecule has 116 valence electrons. The molecule has 0 aromatic carbocycles. The lowest BCUT2D eigenvalue weighted by atomic mass is 9.98. The van der Waals surface area contributed by atoms with Gasteiger partial charge in [0.25, 0.3) is 10.1 Å². The maximum Gasteiger partial charge on any atom is 0.310 e. The van der Waals surface area contributed by atoms with Gasteiger partial charge in [-0.2, -0.15) is 8.42 Å².